The van der Waals surface area contributed by atoms with Crippen LogP contribution in [0.5, 0.6) is 0 Å². The van der Waals surface area contributed by atoms with Crippen LogP contribution in [0, 0.1) is 0 Å². The predicted molar refractivity (Wildman–Crippen MR) is 387 cm³/mol. The summed E-state index contributed by atoms with van der Waals surface area (Å²) >= 11 is 3.71. The maximum atomic E-state index is 2.68. The molecule has 0 saturated heterocycles. The molecule has 16 rings (SSSR count). The van der Waals surface area contributed by atoms with Gasteiger partial charge in [0.1, 0.15) is 0 Å². The van der Waals surface area contributed by atoms with Crippen LogP contribution in [0.25, 0.3) is 27.5 Å². The van der Waals surface area contributed by atoms with Gasteiger partial charge < -0.3 is 24.2 Å². The number of hydrogen-bond acceptors (Lipinski definition) is 6. The second-order valence-corrected chi connectivity index (χ2v) is 31.3. The molecule has 0 atom stereocenters. The van der Waals surface area contributed by atoms with Crippen LogP contribution in [-0.4, -0.2) is 11.3 Å². The summed E-state index contributed by atoms with van der Waals surface area (Å²) in [4.78, 5) is 15.3. The molecule has 0 bridgehead atoms. The molecule has 0 unspecified atom stereocenters. The molecule has 0 N–H and O–H groups in total. The Balaban J connectivity index is 1.07. The van der Waals surface area contributed by atoms with Gasteiger partial charge >= 0.3 is 0 Å². The first-order valence-corrected chi connectivity index (χ1v) is 33.5. The molecule has 12 aromatic rings. The first kappa shape index (κ1) is 56.4. The zero-order chi connectivity index (χ0) is 61.9. The van der Waals surface area contributed by atoms with Crippen LogP contribution in [0.1, 0.15) is 105 Å². The third kappa shape index (κ3) is 9.06. The normalized spacial score (nSPS) is 14.2. The van der Waals surface area contributed by atoms with Crippen molar-refractivity contribution in [1.82, 2.24) is 4.57 Å². The first-order chi connectivity index (χ1) is 43.2. The molecule has 442 valence electrons. The molecule has 0 spiro atoms. The highest BCUT2D eigenvalue weighted by atomic mass is 32.2. The van der Waals surface area contributed by atoms with Gasteiger partial charge in [-0.1, -0.05) is 216 Å². The van der Waals surface area contributed by atoms with Gasteiger partial charge in [0.25, 0.3) is 6.71 Å². The topological polar surface area (TPSA) is 17.9 Å². The molecule has 4 aliphatic heterocycles. The molecule has 0 amide bonds. The number of nitrogens with zero attached hydrogens (tertiary/aromatic N) is 5. The fourth-order valence-electron chi connectivity index (χ4n) is 14.3. The molecule has 0 aliphatic carbocycles. The average Bonchev–Trinajstić information content (AvgIpc) is 0.804. The van der Waals surface area contributed by atoms with Gasteiger partial charge in [-0.05, 0) is 182 Å². The molecule has 11 aromatic carbocycles. The SMILES string of the molecule is CC(C)(C)c1cc(N2c3cc(N4c5ccccc5Sc5ccccc54)ccc3B3c4ccc(N5c6ccccc6Sc6ccccc65)cc4N(c4cc(C(C)(C)C)cc(C(C)(C)C)c4)c4cc(-n5c6ccccc6c6ccccc65)cc2c43)cc(C(C)(C)C)c1. The summed E-state index contributed by atoms with van der Waals surface area (Å²) in [6.45, 7) is 28.2. The third-order valence-corrected chi connectivity index (χ3v) is 21.3. The van der Waals surface area contributed by atoms with E-state index in [-0.39, 0.29) is 28.4 Å². The molecule has 4 aliphatic rings. The van der Waals surface area contributed by atoms with Crippen LogP contribution in [0.2, 0.25) is 0 Å². The minimum atomic E-state index is -0.170. The number of para-hydroxylation sites is 6. The molecule has 0 saturated carbocycles. The summed E-state index contributed by atoms with van der Waals surface area (Å²) < 4.78 is 2.54. The van der Waals surface area contributed by atoms with E-state index in [9.17, 15) is 0 Å². The van der Waals surface area contributed by atoms with E-state index in [1.807, 2.05) is 23.5 Å². The quantitative estimate of drug-likeness (QED) is 0.159. The van der Waals surface area contributed by atoms with Gasteiger partial charge in [0.05, 0.1) is 39.5 Å². The Morgan fingerprint density at radius 1 is 0.267 bits per heavy atom. The summed E-state index contributed by atoms with van der Waals surface area (Å²) in [5.74, 6) is 0. The Morgan fingerprint density at radius 3 is 0.911 bits per heavy atom. The average molecular weight is 1200 g/mol. The monoisotopic (exact) mass is 1200 g/mol. The van der Waals surface area contributed by atoms with Gasteiger partial charge in [-0.25, -0.2) is 0 Å². The van der Waals surface area contributed by atoms with Crippen molar-refractivity contribution in [2.24, 2.45) is 0 Å². The van der Waals surface area contributed by atoms with Gasteiger partial charge in [-0.2, -0.15) is 0 Å². The Hall–Kier alpha value is -8.82. The summed E-state index contributed by atoms with van der Waals surface area (Å²) in [5.41, 5.74) is 25.8. The predicted octanol–water partition coefficient (Wildman–Crippen LogP) is 21.9. The van der Waals surface area contributed by atoms with Crippen molar-refractivity contribution in [1.29, 1.82) is 0 Å². The Morgan fingerprint density at radius 2 is 0.567 bits per heavy atom. The lowest BCUT2D eigenvalue weighted by Gasteiger charge is -2.46. The zero-order valence-corrected chi connectivity index (χ0v) is 55.2. The lowest BCUT2D eigenvalue weighted by molar-refractivity contribution is 0.568. The summed E-state index contributed by atoms with van der Waals surface area (Å²) in [6.07, 6.45) is 0. The van der Waals surface area contributed by atoms with Crippen LogP contribution in [0.15, 0.2) is 250 Å². The van der Waals surface area contributed by atoms with Crippen LogP contribution < -0.4 is 36.0 Å². The smallest absolute Gasteiger partial charge is 0.252 e. The van der Waals surface area contributed by atoms with E-state index >= 15 is 0 Å². The van der Waals surface area contributed by atoms with Crippen LogP contribution in [0.3, 0.4) is 0 Å². The minimum absolute atomic E-state index is 0.146. The van der Waals surface area contributed by atoms with E-state index < -0.39 is 0 Å². The lowest BCUT2D eigenvalue weighted by Crippen LogP contribution is -2.61. The zero-order valence-electron chi connectivity index (χ0n) is 53.6. The summed E-state index contributed by atoms with van der Waals surface area (Å²) in [6, 6.07) is 88.6. The van der Waals surface area contributed by atoms with Crippen molar-refractivity contribution in [2.45, 2.75) is 124 Å². The number of rotatable bonds is 5. The fourth-order valence-corrected chi connectivity index (χ4v) is 16.4. The first-order valence-electron chi connectivity index (χ1n) is 31.8. The van der Waals surface area contributed by atoms with Crippen LogP contribution in [-0.2, 0) is 21.7 Å². The Bertz CT molecular complexity index is 4490. The highest BCUT2D eigenvalue weighted by molar-refractivity contribution is 8.00. The second kappa shape index (κ2) is 20.3. The molecule has 8 heteroatoms. The molecular weight excluding hydrogens is 1130 g/mol. The van der Waals surface area contributed by atoms with Crippen LogP contribution in [0.4, 0.5) is 68.2 Å². The van der Waals surface area contributed by atoms with Crippen molar-refractivity contribution in [2.75, 3.05) is 19.6 Å². The van der Waals surface area contributed by atoms with E-state index in [4.69, 9.17) is 0 Å². The third-order valence-electron chi connectivity index (χ3n) is 19.1. The number of anilines is 12. The minimum Gasteiger partial charge on any atom is -0.311 e. The summed E-state index contributed by atoms with van der Waals surface area (Å²) in [7, 11) is 0. The highest BCUT2D eigenvalue weighted by Gasteiger charge is 2.46. The molecule has 1 aromatic heterocycles. The van der Waals surface area contributed by atoms with Crippen molar-refractivity contribution >= 4 is 137 Å². The Kier molecular flexibility index (Phi) is 12.8. The van der Waals surface area contributed by atoms with Crippen LogP contribution >= 0.6 is 23.5 Å². The van der Waals surface area contributed by atoms with Gasteiger partial charge in [0, 0.05) is 75.9 Å². The lowest BCUT2D eigenvalue weighted by atomic mass is 9.33. The number of hydrogen-bond donors (Lipinski definition) is 0. The molecule has 0 fully saturated rings. The van der Waals surface area contributed by atoms with Gasteiger partial charge in [0.2, 0.25) is 0 Å². The number of benzene rings is 11. The van der Waals surface area contributed by atoms with Crippen molar-refractivity contribution in [3.05, 3.63) is 253 Å². The number of fused-ring (bicyclic) bond motifs is 11. The van der Waals surface area contributed by atoms with E-state index in [0.29, 0.717) is 0 Å². The van der Waals surface area contributed by atoms with Crippen molar-refractivity contribution in [3.8, 4) is 5.69 Å². The van der Waals surface area contributed by atoms with Gasteiger partial charge in [0.15, 0.2) is 0 Å². The summed E-state index contributed by atoms with van der Waals surface area (Å²) in [5, 5.41) is 2.47. The standard InChI is InChI=1S/C82H74BN5S2/c1-79(2,3)51-41-52(80(4,5)6)44-57(43-51)87-70-47-55(84-66-29-17-21-33-74(66)89-75-34-22-18-30-67(75)84)37-39-62(70)83-63-40-38-56(85-68-31-19-23-35-76(68)90-77-36-24-20-32-69(77)85)48-71(63)88(58-45-53(81(7,8)9)42-54(46-58)82(10,11)12)73-50-59(49-72(87)78(73)83)86-64-27-15-13-25-60(64)61-26-14-16-28-65(61)86/h13-50H,1-12H3. The van der Waals surface area contributed by atoms with E-state index in [1.165, 1.54) is 126 Å². The van der Waals surface area contributed by atoms with Gasteiger partial charge in [-0.3, -0.25) is 0 Å². The molecule has 5 nitrogen and oxygen atoms in total. The molecule has 5 heterocycles. The second-order valence-electron chi connectivity index (χ2n) is 29.1. The highest BCUT2D eigenvalue weighted by Crippen LogP contribution is 2.56. The molecule has 90 heavy (non-hydrogen) atoms. The molecule has 0 radical (unpaired) electrons. The maximum absolute atomic E-state index is 2.68. The Labute approximate surface area is 540 Å². The van der Waals surface area contributed by atoms with E-state index in [1.54, 1.807) is 0 Å². The fraction of sp³-hybridized carbons (Fsp3) is 0.195. The number of aromatic nitrogens is 1. The van der Waals surface area contributed by atoms with E-state index in [2.05, 4.69) is 338 Å². The van der Waals surface area contributed by atoms with Crippen molar-refractivity contribution < 1.29 is 0 Å². The van der Waals surface area contributed by atoms with Crippen molar-refractivity contribution in [3.63, 3.8) is 0 Å². The largest absolute Gasteiger partial charge is 0.311 e. The van der Waals surface area contributed by atoms with Gasteiger partial charge in [-0.15, -0.1) is 0 Å². The molecular formula is C82H74BN5S2. The maximum Gasteiger partial charge on any atom is 0.252 e. The van der Waals surface area contributed by atoms with E-state index in [0.717, 1.165) is 28.4 Å².